The molecular weight excluding hydrogens is 328 g/mol. The number of benzene rings is 2. The number of rotatable bonds is 4. The zero-order valence-electron chi connectivity index (χ0n) is 15.1. The highest BCUT2D eigenvalue weighted by atomic mass is 16.5. The number of ether oxygens (including phenoxy) is 2. The van der Waals surface area contributed by atoms with Crippen LogP contribution in [0.4, 0.5) is 5.69 Å². The first-order valence-corrected chi connectivity index (χ1v) is 9.26. The molecule has 1 fully saturated rings. The van der Waals surface area contributed by atoms with Crippen molar-refractivity contribution in [3.8, 4) is 11.5 Å². The van der Waals surface area contributed by atoms with E-state index in [1.165, 1.54) is 0 Å². The largest absolute Gasteiger partial charge is 0.492 e. The van der Waals surface area contributed by atoms with Gasteiger partial charge in [-0.2, -0.15) is 0 Å². The molecule has 4 rings (SSSR count). The van der Waals surface area contributed by atoms with Gasteiger partial charge >= 0.3 is 0 Å². The minimum absolute atomic E-state index is 0.0962. The molecular formula is C21H24N2O3. The molecule has 2 aromatic carbocycles. The van der Waals surface area contributed by atoms with Crippen LogP contribution in [-0.4, -0.2) is 49.7 Å². The second-order valence-electron chi connectivity index (χ2n) is 6.63. The molecule has 5 heteroatoms. The molecule has 2 aliphatic rings. The predicted molar refractivity (Wildman–Crippen MR) is 101 cm³/mol. The Bertz CT molecular complexity index is 759. The third-order valence-electron chi connectivity index (χ3n) is 5.02. The molecule has 1 unspecified atom stereocenters. The third-order valence-corrected chi connectivity index (χ3v) is 5.02. The second-order valence-corrected chi connectivity index (χ2v) is 6.63. The second kappa shape index (κ2) is 7.28. The van der Waals surface area contributed by atoms with E-state index in [2.05, 4.69) is 11.0 Å². The predicted octanol–water partition coefficient (Wildman–Crippen LogP) is 2.74. The highest BCUT2D eigenvalue weighted by Gasteiger charge is 2.33. The number of hydrogen-bond donors (Lipinski definition) is 0. The quantitative estimate of drug-likeness (QED) is 0.849. The average Bonchev–Trinajstić information content (AvgIpc) is 3.12. The lowest BCUT2D eigenvalue weighted by Gasteiger charge is -2.37. The van der Waals surface area contributed by atoms with Crippen molar-refractivity contribution < 1.29 is 14.3 Å². The van der Waals surface area contributed by atoms with Crippen molar-refractivity contribution >= 4 is 11.6 Å². The first-order valence-electron chi connectivity index (χ1n) is 9.26. The van der Waals surface area contributed by atoms with Crippen molar-refractivity contribution in [2.75, 3.05) is 37.7 Å². The van der Waals surface area contributed by atoms with Gasteiger partial charge in [-0.3, -0.25) is 4.79 Å². The Morgan fingerprint density at radius 2 is 1.81 bits per heavy atom. The van der Waals surface area contributed by atoms with Crippen LogP contribution in [0.3, 0.4) is 0 Å². The Balaban J connectivity index is 1.38. The van der Waals surface area contributed by atoms with Gasteiger partial charge in [-0.25, -0.2) is 0 Å². The van der Waals surface area contributed by atoms with Gasteiger partial charge in [0, 0.05) is 32.6 Å². The molecule has 2 aliphatic heterocycles. The van der Waals surface area contributed by atoms with Crippen molar-refractivity contribution in [3.63, 3.8) is 0 Å². The Labute approximate surface area is 154 Å². The van der Waals surface area contributed by atoms with Crippen molar-refractivity contribution in [2.45, 2.75) is 19.4 Å². The summed E-state index contributed by atoms with van der Waals surface area (Å²) in [4.78, 5) is 17.1. The van der Waals surface area contributed by atoms with Gasteiger partial charge in [-0.15, -0.1) is 0 Å². The van der Waals surface area contributed by atoms with Crippen LogP contribution in [0.15, 0.2) is 48.5 Å². The Morgan fingerprint density at radius 1 is 1.08 bits per heavy atom. The zero-order valence-corrected chi connectivity index (χ0v) is 15.1. The molecule has 136 valence electrons. The van der Waals surface area contributed by atoms with Gasteiger partial charge in [0.15, 0.2) is 6.10 Å². The van der Waals surface area contributed by atoms with E-state index < -0.39 is 0 Å². The van der Waals surface area contributed by atoms with Crippen molar-refractivity contribution in [1.29, 1.82) is 0 Å². The summed E-state index contributed by atoms with van der Waals surface area (Å²) in [5.41, 5.74) is 2.22. The maximum Gasteiger partial charge on any atom is 0.264 e. The number of carbonyl (C=O) groups excluding carboxylic acids is 1. The van der Waals surface area contributed by atoms with E-state index in [1.807, 2.05) is 54.3 Å². The molecule has 0 saturated carbocycles. The van der Waals surface area contributed by atoms with Gasteiger partial charge in [0.25, 0.3) is 5.91 Å². The SMILES string of the molecule is CCOc1ccccc1N1CCN(C(=O)C2Cc3ccccc3O2)CC1. The van der Waals surface area contributed by atoms with Gasteiger partial charge in [0.05, 0.1) is 12.3 Å². The maximum absolute atomic E-state index is 12.8. The molecule has 1 amide bonds. The molecule has 2 aromatic rings. The number of para-hydroxylation sites is 3. The van der Waals surface area contributed by atoms with E-state index in [9.17, 15) is 4.79 Å². The molecule has 0 aliphatic carbocycles. The molecule has 1 atom stereocenters. The average molecular weight is 352 g/mol. The summed E-state index contributed by atoms with van der Waals surface area (Å²) in [5.74, 6) is 1.85. The van der Waals surface area contributed by atoms with Gasteiger partial charge in [-0.1, -0.05) is 30.3 Å². The molecule has 5 nitrogen and oxygen atoms in total. The number of carbonyl (C=O) groups is 1. The van der Waals surface area contributed by atoms with Crippen LogP contribution in [0.1, 0.15) is 12.5 Å². The number of nitrogens with zero attached hydrogens (tertiary/aromatic N) is 2. The Morgan fingerprint density at radius 3 is 2.58 bits per heavy atom. The lowest BCUT2D eigenvalue weighted by Crippen LogP contribution is -2.52. The van der Waals surface area contributed by atoms with Crippen LogP contribution in [-0.2, 0) is 11.2 Å². The Kier molecular flexibility index (Phi) is 4.69. The molecule has 0 spiro atoms. The number of amides is 1. The zero-order chi connectivity index (χ0) is 17.9. The monoisotopic (exact) mass is 352 g/mol. The number of piperazine rings is 1. The van der Waals surface area contributed by atoms with Crippen molar-refractivity contribution in [2.24, 2.45) is 0 Å². The smallest absolute Gasteiger partial charge is 0.264 e. The molecule has 0 aromatic heterocycles. The lowest BCUT2D eigenvalue weighted by atomic mass is 10.1. The molecule has 0 radical (unpaired) electrons. The fourth-order valence-corrected chi connectivity index (χ4v) is 3.69. The minimum atomic E-state index is -0.380. The summed E-state index contributed by atoms with van der Waals surface area (Å²) in [6.45, 7) is 5.65. The standard InChI is InChI=1S/C21H24N2O3/c1-2-25-19-10-6-4-8-17(19)22-11-13-23(14-12-22)21(24)20-15-16-7-3-5-9-18(16)26-20/h3-10,20H,2,11-15H2,1H3. The van der Waals surface area contributed by atoms with E-state index >= 15 is 0 Å². The van der Waals surface area contributed by atoms with Crippen LogP contribution >= 0.6 is 0 Å². The number of anilines is 1. The van der Waals surface area contributed by atoms with E-state index in [-0.39, 0.29) is 12.0 Å². The molecule has 26 heavy (non-hydrogen) atoms. The molecule has 0 N–H and O–H groups in total. The van der Waals surface area contributed by atoms with Crippen LogP contribution in [0.5, 0.6) is 11.5 Å². The molecule has 1 saturated heterocycles. The van der Waals surface area contributed by atoms with Crippen molar-refractivity contribution in [3.05, 3.63) is 54.1 Å². The van der Waals surface area contributed by atoms with Crippen LogP contribution in [0.25, 0.3) is 0 Å². The topological polar surface area (TPSA) is 42.0 Å². The normalized spacial score (nSPS) is 19.0. The highest BCUT2D eigenvalue weighted by Crippen LogP contribution is 2.31. The summed E-state index contributed by atoms with van der Waals surface area (Å²) < 4.78 is 11.6. The van der Waals surface area contributed by atoms with Gasteiger partial charge in [0.1, 0.15) is 11.5 Å². The van der Waals surface area contributed by atoms with Crippen LogP contribution in [0, 0.1) is 0 Å². The maximum atomic E-state index is 12.8. The highest BCUT2D eigenvalue weighted by molar-refractivity contribution is 5.83. The fraction of sp³-hybridized carbons (Fsp3) is 0.381. The van der Waals surface area contributed by atoms with E-state index in [4.69, 9.17) is 9.47 Å². The fourth-order valence-electron chi connectivity index (χ4n) is 3.69. The van der Waals surface area contributed by atoms with E-state index in [0.29, 0.717) is 26.1 Å². The molecule has 2 heterocycles. The minimum Gasteiger partial charge on any atom is -0.492 e. The van der Waals surface area contributed by atoms with Crippen molar-refractivity contribution in [1.82, 2.24) is 4.90 Å². The summed E-state index contributed by atoms with van der Waals surface area (Å²) >= 11 is 0. The van der Waals surface area contributed by atoms with Gasteiger partial charge in [0.2, 0.25) is 0 Å². The van der Waals surface area contributed by atoms with E-state index in [1.54, 1.807) is 0 Å². The lowest BCUT2D eigenvalue weighted by molar-refractivity contribution is -0.138. The number of hydrogen-bond acceptors (Lipinski definition) is 4. The van der Waals surface area contributed by atoms with Crippen LogP contribution < -0.4 is 14.4 Å². The Hall–Kier alpha value is -2.69. The van der Waals surface area contributed by atoms with Crippen LogP contribution in [0.2, 0.25) is 0 Å². The number of fused-ring (bicyclic) bond motifs is 1. The molecule has 0 bridgehead atoms. The van der Waals surface area contributed by atoms with E-state index in [0.717, 1.165) is 35.8 Å². The summed E-state index contributed by atoms with van der Waals surface area (Å²) in [6.07, 6.45) is 0.289. The summed E-state index contributed by atoms with van der Waals surface area (Å²) in [5, 5.41) is 0. The van der Waals surface area contributed by atoms with Gasteiger partial charge < -0.3 is 19.3 Å². The third kappa shape index (κ3) is 3.21. The van der Waals surface area contributed by atoms with Gasteiger partial charge in [-0.05, 0) is 30.7 Å². The first kappa shape index (κ1) is 16.8. The first-order chi connectivity index (χ1) is 12.8. The summed E-state index contributed by atoms with van der Waals surface area (Å²) in [6, 6.07) is 16.0. The summed E-state index contributed by atoms with van der Waals surface area (Å²) in [7, 11) is 0.